The molecule has 0 bridgehead atoms. The number of hydrogen-bond donors (Lipinski definition) is 2. The van der Waals surface area contributed by atoms with E-state index in [4.69, 9.17) is 5.73 Å². The van der Waals surface area contributed by atoms with Gasteiger partial charge in [-0.25, -0.2) is 0 Å². The highest BCUT2D eigenvalue weighted by Crippen LogP contribution is 1.90. The van der Waals surface area contributed by atoms with Crippen LogP contribution in [0.2, 0.25) is 0 Å². The van der Waals surface area contributed by atoms with Crippen LogP contribution in [0.5, 0.6) is 0 Å². The van der Waals surface area contributed by atoms with E-state index in [1.54, 1.807) is 0 Å². The van der Waals surface area contributed by atoms with Crippen LogP contribution in [0.25, 0.3) is 0 Å². The SMILES string of the molecule is CCCC(=O)N[C@H](C=O)CCN. The molecule has 0 fully saturated rings. The quantitative estimate of drug-likeness (QED) is 0.546. The van der Waals surface area contributed by atoms with E-state index in [0.29, 0.717) is 19.4 Å². The third-order valence-electron chi connectivity index (χ3n) is 1.47. The van der Waals surface area contributed by atoms with Crippen molar-refractivity contribution in [1.29, 1.82) is 0 Å². The largest absolute Gasteiger partial charge is 0.347 e. The fraction of sp³-hybridized carbons (Fsp3) is 0.750. The van der Waals surface area contributed by atoms with Crippen molar-refractivity contribution in [2.45, 2.75) is 32.2 Å². The Labute approximate surface area is 72.5 Å². The molecule has 1 atom stereocenters. The van der Waals surface area contributed by atoms with E-state index in [9.17, 15) is 9.59 Å². The third-order valence-corrected chi connectivity index (χ3v) is 1.47. The minimum atomic E-state index is -0.408. The monoisotopic (exact) mass is 172 g/mol. The predicted octanol–water partition coefficient (Wildman–Crippen LogP) is -0.181. The van der Waals surface area contributed by atoms with Gasteiger partial charge in [0.05, 0.1) is 6.04 Å². The Morgan fingerprint density at radius 1 is 1.67 bits per heavy atom. The zero-order valence-electron chi connectivity index (χ0n) is 7.38. The van der Waals surface area contributed by atoms with Crippen LogP contribution in [0.4, 0.5) is 0 Å². The number of amides is 1. The molecule has 0 aromatic rings. The molecule has 0 rings (SSSR count). The van der Waals surface area contributed by atoms with Gasteiger partial charge in [-0.05, 0) is 19.4 Å². The Bertz CT molecular complexity index is 148. The molecule has 3 N–H and O–H groups in total. The lowest BCUT2D eigenvalue weighted by Gasteiger charge is -2.10. The van der Waals surface area contributed by atoms with Gasteiger partial charge in [0.1, 0.15) is 6.29 Å². The van der Waals surface area contributed by atoms with Crippen LogP contribution in [-0.2, 0) is 9.59 Å². The topological polar surface area (TPSA) is 72.2 Å². The minimum absolute atomic E-state index is 0.0805. The Kier molecular flexibility index (Phi) is 6.28. The van der Waals surface area contributed by atoms with Crippen LogP contribution in [0, 0.1) is 0 Å². The molecule has 70 valence electrons. The molecule has 0 unspecified atom stereocenters. The summed E-state index contributed by atoms with van der Waals surface area (Å²) >= 11 is 0. The fourth-order valence-corrected chi connectivity index (χ4v) is 0.860. The summed E-state index contributed by atoms with van der Waals surface area (Å²) < 4.78 is 0. The number of carbonyl (C=O) groups is 2. The zero-order valence-corrected chi connectivity index (χ0v) is 7.38. The van der Waals surface area contributed by atoms with Gasteiger partial charge in [0.15, 0.2) is 0 Å². The molecule has 4 heteroatoms. The molecule has 12 heavy (non-hydrogen) atoms. The maximum Gasteiger partial charge on any atom is 0.220 e. The Morgan fingerprint density at radius 2 is 2.33 bits per heavy atom. The van der Waals surface area contributed by atoms with Gasteiger partial charge in [-0.15, -0.1) is 0 Å². The van der Waals surface area contributed by atoms with E-state index < -0.39 is 6.04 Å². The summed E-state index contributed by atoms with van der Waals surface area (Å²) in [5, 5.41) is 2.58. The van der Waals surface area contributed by atoms with Crippen LogP contribution < -0.4 is 11.1 Å². The van der Waals surface area contributed by atoms with Crippen molar-refractivity contribution in [1.82, 2.24) is 5.32 Å². The molecule has 0 aromatic heterocycles. The standard InChI is InChI=1S/C8H16N2O2/c1-2-3-8(12)10-7(6-11)4-5-9/h6-7H,2-5,9H2,1H3,(H,10,12)/t7-/m0/s1. The maximum absolute atomic E-state index is 11.0. The Balaban J connectivity index is 3.68. The second-order valence-corrected chi connectivity index (χ2v) is 2.64. The number of nitrogens with two attached hydrogens (primary N) is 1. The number of nitrogens with one attached hydrogen (secondary N) is 1. The smallest absolute Gasteiger partial charge is 0.220 e. The second-order valence-electron chi connectivity index (χ2n) is 2.64. The van der Waals surface area contributed by atoms with E-state index in [0.717, 1.165) is 12.7 Å². The average molecular weight is 172 g/mol. The lowest BCUT2D eigenvalue weighted by molar-refractivity contribution is -0.124. The summed E-state index contributed by atoms with van der Waals surface area (Å²) in [5.74, 6) is -0.0805. The number of aldehydes is 1. The molecule has 0 spiro atoms. The van der Waals surface area contributed by atoms with Gasteiger partial charge in [-0.3, -0.25) is 4.79 Å². The van der Waals surface area contributed by atoms with E-state index in [1.165, 1.54) is 0 Å². The summed E-state index contributed by atoms with van der Waals surface area (Å²) in [6.45, 7) is 2.33. The van der Waals surface area contributed by atoms with E-state index in [1.807, 2.05) is 6.92 Å². The summed E-state index contributed by atoms with van der Waals surface area (Å²) in [5.41, 5.74) is 5.24. The van der Waals surface area contributed by atoms with Crippen molar-refractivity contribution in [3.05, 3.63) is 0 Å². The normalized spacial score (nSPS) is 12.2. The van der Waals surface area contributed by atoms with Crippen molar-refractivity contribution in [2.75, 3.05) is 6.54 Å². The molecule has 0 saturated carbocycles. The lowest BCUT2D eigenvalue weighted by Crippen LogP contribution is -2.37. The van der Waals surface area contributed by atoms with Crippen molar-refractivity contribution in [3.63, 3.8) is 0 Å². The summed E-state index contributed by atoms with van der Waals surface area (Å²) in [6.07, 6.45) is 2.49. The van der Waals surface area contributed by atoms with Gasteiger partial charge in [-0.1, -0.05) is 6.92 Å². The first-order valence-electron chi connectivity index (χ1n) is 4.19. The molecule has 0 aromatic carbocycles. The molecule has 4 nitrogen and oxygen atoms in total. The van der Waals surface area contributed by atoms with Gasteiger partial charge in [0, 0.05) is 6.42 Å². The van der Waals surface area contributed by atoms with Gasteiger partial charge >= 0.3 is 0 Å². The van der Waals surface area contributed by atoms with Gasteiger partial charge < -0.3 is 15.8 Å². The minimum Gasteiger partial charge on any atom is -0.347 e. The van der Waals surface area contributed by atoms with Crippen molar-refractivity contribution >= 4 is 12.2 Å². The molecule has 0 saturated heterocycles. The summed E-state index contributed by atoms with van der Waals surface area (Å²) in [6, 6.07) is -0.408. The molecular weight excluding hydrogens is 156 g/mol. The third kappa shape index (κ3) is 4.85. The van der Waals surface area contributed by atoms with Gasteiger partial charge in [0.25, 0.3) is 0 Å². The fourth-order valence-electron chi connectivity index (χ4n) is 0.860. The molecule has 0 aliphatic rings. The summed E-state index contributed by atoms with van der Waals surface area (Å²) in [7, 11) is 0. The molecule has 0 aliphatic heterocycles. The van der Waals surface area contributed by atoms with Gasteiger partial charge in [0.2, 0.25) is 5.91 Å². The predicted molar refractivity (Wildman–Crippen MR) is 46.6 cm³/mol. The summed E-state index contributed by atoms with van der Waals surface area (Å²) in [4.78, 5) is 21.3. The van der Waals surface area contributed by atoms with Crippen molar-refractivity contribution in [2.24, 2.45) is 5.73 Å². The average Bonchev–Trinajstić information content (AvgIpc) is 2.04. The number of hydrogen-bond acceptors (Lipinski definition) is 3. The highest BCUT2D eigenvalue weighted by atomic mass is 16.2. The van der Waals surface area contributed by atoms with Crippen LogP contribution in [-0.4, -0.2) is 24.8 Å². The first kappa shape index (κ1) is 11.1. The van der Waals surface area contributed by atoms with Gasteiger partial charge in [-0.2, -0.15) is 0 Å². The molecule has 0 heterocycles. The van der Waals surface area contributed by atoms with Crippen LogP contribution in [0.3, 0.4) is 0 Å². The Hall–Kier alpha value is -0.900. The van der Waals surface area contributed by atoms with Crippen molar-refractivity contribution < 1.29 is 9.59 Å². The molecule has 0 radical (unpaired) electrons. The van der Waals surface area contributed by atoms with Crippen LogP contribution in [0.1, 0.15) is 26.2 Å². The molecule has 1 amide bonds. The molecular formula is C8H16N2O2. The highest BCUT2D eigenvalue weighted by Gasteiger charge is 2.08. The Morgan fingerprint density at radius 3 is 2.75 bits per heavy atom. The lowest BCUT2D eigenvalue weighted by atomic mass is 10.2. The second kappa shape index (κ2) is 6.79. The van der Waals surface area contributed by atoms with Crippen molar-refractivity contribution in [3.8, 4) is 0 Å². The van der Waals surface area contributed by atoms with E-state index in [-0.39, 0.29) is 5.91 Å². The first-order valence-corrected chi connectivity index (χ1v) is 4.19. The number of rotatable bonds is 6. The zero-order chi connectivity index (χ0) is 9.40. The number of carbonyl (C=O) groups excluding carboxylic acids is 2. The maximum atomic E-state index is 11.0. The van der Waals surface area contributed by atoms with E-state index >= 15 is 0 Å². The highest BCUT2D eigenvalue weighted by molar-refractivity contribution is 5.79. The van der Waals surface area contributed by atoms with E-state index in [2.05, 4.69) is 5.32 Å². The molecule has 0 aliphatic carbocycles. The van der Waals surface area contributed by atoms with Crippen LogP contribution >= 0.6 is 0 Å². The first-order chi connectivity index (χ1) is 5.74. The van der Waals surface area contributed by atoms with Crippen LogP contribution in [0.15, 0.2) is 0 Å².